The zero-order valence-corrected chi connectivity index (χ0v) is 19.7. The summed E-state index contributed by atoms with van der Waals surface area (Å²) >= 11 is 0. The van der Waals surface area contributed by atoms with Gasteiger partial charge in [-0.15, -0.1) is 0 Å². The van der Waals surface area contributed by atoms with E-state index in [1.54, 1.807) is 12.1 Å². The number of nitrogens with one attached hydrogen (secondary N) is 1. The van der Waals surface area contributed by atoms with Gasteiger partial charge in [0, 0.05) is 36.1 Å². The van der Waals surface area contributed by atoms with Gasteiger partial charge in [0.1, 0.15) is 11.9 Å². The smallest absolute Gasteiger partial charge is 0.298 e. The fourth-order valence-corrected chi connectivity index (χ4v) is 6.51. The monoisotopic (exact) mass is 482 g/mol. The Morgan fingerprint density at radius 2 is 1.89 bits per heavy atom. The Kier molecular flexibility index (Phi) is 5.25. The average Bonchev–Trinajstić information content (AvgIpc) is 3.19. The number of aromatic nitrogens is 1. The second-order valence-electron chi connectivity index (χ2n) is 10.8. The number of likely N-dealkylation sites (tertiary alicyclic amines) is 1. The van der Waals surface area contributed by atoms with E-state index >= 15 is 0 Å². The highest BCUT2D eigenvalue weighted by Crippen LogP contribution is 2.58. The summed E-state index contributed by atoms with van der Waals surface area (Å²) < 4.78 is 47.4. The number of piperidine rings is 1. The number of nitrogens with zero attached hydrogens (tertiary/aromatic N) is 1. The van der Waals surface area contributed by atoms with Crippen molar-refractivity contribution in [2.75, 3.05) is 6.54 Å². The quantitative estimate of drug-likeness (QED) is 0.403. The number of aryl methyl sites for hydroxylation is 1. The van der Waals surface area contributed by atoms with Gasteiger partial charge in [0.15, 0.2) is 0 Å². The van der Waals surface area contributed by atoms with E-state index in [2.05, 4.69) is 9.88 Å². The van der Waals surface area contributed by atoms with Crippen LogP contribution in [0, 0.1) is 12.3 Å². The molecule has 2 saturated carbocycles. The van der Waals surface area contributed by atoms with E-state index in [0.29, 0.717) is 31.6 Å². The molecule has 184 valence electrons. The number of benzene rings is 2. The molecule has 3 aliphatic rings. The first-order valence-corrected chi connectivity index (χ1v) is 12.3. The third kappa shape index (κ3) is 3.94. The molecule has 2 atom stereocenters. The van der Waals surface area contributed by atoms with E-state index in [1.807, 2.05) is 37.4 Å². The summed E-state index contributed by atoms with van der Waals surface area (Å²) in [5.41, 5.74) is 4.76. The fourth-order valence-electron chi connectivity index (χ4n) is 6.51. The van der Waals surface area contributed by atoms with Gasteiger partial charge >= 0.3 is 0 Å². The van der Waals surface area contributed by atoms with Crippen LogP contribution >= 0.6 is 0 Å². The van der Waals surface area contributed by atoms with Crippen molar-refractivity contribution in [2.45, 2.75) is 69.6 Å². The highest BCUT2D eigenvalue weighted by molar-refractivity contribution is 5.87. The zero-order valence-electron chi connectivity index (χ0n) is 19.7. The summed E-state index contributed by atoms with van der Waals surface area (Å²) in [5, 5.41) is 1.00. The number of hydrogen-bond acceptors (Lipinski definition) is 3. The molecule has 35 heavy (non-hydrogen) atoms. The minimum atomic E-state index is -2.65. The van der Waals surface area contributed by atoms with Crippen LogP contribution in [0.2, 0.25) is 0 Å². The van der Waals surface area contributed by atoms with Crippen LogP contribution in [-0.2, 0) is 11.3 Å². The lowest BCUT2D eigenvalue weighted by atomic mass is 9.60. The lowest BCUT2D eigenvalue weighted by Gasteiger charge is -2.53. The predicted octanol–water partition coefficient (Wildman–Crippen LogP) is 6.59. The van der Waals surface area contributed by atoms with Crippen LogP contribution in [0.25, 0.3) is 10.9 Å². The summed E-state index contributed by atoms with van der Waals surface area (Å²) in [4.78, 5) is 16.4. The SMILES string of the molecule is Cc1cc(C2CC2(F)F)c(CN2CCC3(CC(F)C3)CC2c2ccc(OC=O)cc2)c2cc[nH]c12. The van der Waals surface area contributed by atoms with Crippen molar-refractivity contribution >= 4 is 17.4 Å². The van der Waals surface area contributed by atoms with Gasteiger partial charge in [-0.3, -0.25) is 9.69 Å². The molecule has 2 unspecified atom stereocenters. The normalized spacial score (nSPS) is 29.8. The molecule has 3 fully saturated rings. The van der Waals surface area contributed by atoms with Crippen LogP contribution in [0.5, 0.6) is 5.75 Å². The Balaban J connectivity index is 1.37. The summed E-state index contributed by atoms with van der Waals surface area (Å²) in [6, 6.07) is 11.4. The molecule has 0 bridgehead atoms. The van der Waals surface area contributed by atoms with Gasteiger partial charge in [-0.1, -0.05) is 18.2 Å². The van der Waals surface area contributed by atoms with Gasteiger partial charge in [-0.25, -0.2) is 13.2 Å². The van der Waals surface area contributed by atoms with Crippen LogP contribution in [0.3, 0.4) is 0 Å². The molecule has 2 aromatic carbocycles. The van der Waals surface area contributed by atoms with Crippen molar-refractivity contribution in [2.24, 2.45) is 5.41 Å². The third-order valence-corrected chi connectivity index (χ3v) is 8.50. The van der Waals surface area contributed by atoms with Crippen molar-refractivity contribution in [3.8, 4) is 5.75 Å². The van der Waals surface area contributed by atoms with Gasteiger partial charge in [-0.2, -0.15) is 0 Å². The first-order chi connectivity index (χ1) is 16.8. The molecule has 1 saturated heterocycles. The standard InChI is InChI=1S/C28H29F3N2O2/c1-17-10-22(24-13-28(24,30)31)23(21-6-8-32-26(17)21)15-33-9-7-27(11-19(29)12-27)14-25(33)18-2-4-20(5-3-18)35-16-34/h2-6,8,10,16,19,24-25,32H,7,9,11-15H2,1H3. The molecular weight excluding hydrogens is 453 g/mol. The van der Waals surface area contributed by atoms with Crippen molar-refractivity contribution < 1.29 is 22.7 Å². The predicted molar refractivity (Wildman–Crippen MR) is 127 cm³/mol. The van der Waals surface area contributed by atoms with Crippen molar-refractivity contribution in [1.82, 2.24) is 9.88 Å². The van der Waals surface area contributed by atoms with Crippen molar-refractivity contribution in [3.63, 3.8) is 0 Å². The number of carbonyl (C=O) groups is 1. The van der Waals surface area contributed by atoms with Gasteiger partial charge in [0.05, 0.1) is 5.92 Å². The summed E-state index contributed by atoms with van der Waals surface area (Å²) in [6.07, 6.45) is 3.97. The number of halogens is 3. The summed E-state index contributed by atoms with van der Waals surface area (Å²) in [6.45, 7) is 3.71. The van der Waals surface area contributed by atoms with Crippen molar-refractivity contribution in [3.05, 3.63) is 64.8 Å². The molecule has 0 amide bonds. The molecule has 7 heteroatoms. The van der Waals surface area contributed by atoms with Crippen molar-refractivity contribution in [1.29, 1.82) is 0 Å². The van der Waals surface area contributed by atoms with Gasteiger partial charge < -0.3 is 9.72 Å². The Labute approximate surface area is 202 Å². The van der Waals surface area contributed by atoms with E-state index in [4.69, 9.17) is 4.74 Å². The maximum Gasteiger partial charge on any atom is 0.298 e. The lowest BCUT2D eigenvalue weighted by Crippen LogP contribution is -2.49. The number of carbonyl (C=O) groups excluding carboxylic acids is 1. The largest absolute Gasteiger partial charge is 0.429 e. The van der Waals surface area contributed by atoms with Crippen LogP contribution in [0.15, 0.2) is 42.6 Å². The number of hydrogen-bond donors (Lipinski definition) is 1. The molecule has 1 spiro atoms. The molecule has 2 heterocycles. The second kappa shape index (κ2) is 8.12. The van der Waals surface area contributed by atoms with Crippen LogP contribution in [-0.4, -0.2) is 35.0 Å². The average molecular weight is 483 g/mol. The Bertz CT molecular complexity index is 1260. The van der Waals surface area contributed by atoms with E-state index in [-0.39, 0.29) is 17.9 Å². The highest BCUT2D eigenvalue weighted by atomic mass is 19.3. The first-order valence-electron chi connectivity index (χ1n) is 12.3. The maximum absolute atomic E-state index is 14.2. The molecule has 1 aliphatic heterocycles. The number of fused-ring (bicyclic) bond motifs is 1. The number of ether oxygens (including phenoxy) is 1. The van der Waals surface area contributed by atoms with E-state index in [9.17, 15) is 18.0 Å². The molecule has 3 aromatic rings. The molecule has 1 N–H and O–H groups in total. The van der Waals surface area contributed by atoms with Crippen LogP contribution in [0.1, 0.15) is 66.3 Å². The maximum atomic E-state index is 14.2. The molecule has 4 nitrogen and oxygen atoms in total. The Hall–Kier alpha value is -2.80. The minimum absolute atomic E-state index is 0.00157. The topological polar surface area (TPSA) is 45.3 Å². The van der Waals surface area contributed by atoms with E-state index in [1.165, 1.54) is 0 Å². The van der Waals surface area contributed by atoms with Gasteiger partial charge in [-0.05, 0) is 85.0 Å². The minimum Gasteiger partial charge on any atom is -0.429 e. The number of H-pyrrole nitrogens is 1. The number of rotatable bonds is 6. The summed E-state index contributed by atoms with van der Waals surface area (Å²) in [5.74, 6) is -2.91. The van der Waals surface area contributed by atoms with Gasteiger partial charge in [0.25, 0.3) is 12.4 Å². The zero-order chi connectivity index (χ0) is 24.4. The van der Waals surface area contributed by atoms with Crippen LogP contribution in [0.4, 0.5) is 13.2 Å². The Morgan fingerprint density at radius 3 is 2.54 bits per heavy atom. The molecule has 1 aromatic heterocycles. The number of alkyl halides is 3. The number of aromatic amines is 1. The molecule has 6 rings (SSSR count). The molecular formula is C28H29F3N2O2. The van der Waals surface area contributed by atoms with E-state index < -0.39 is 18.0 Å². The first kappa shape index (κ1) is 22.7. The lowest BCUT2D eigenvalue weighted by molar-refractivity contribution is -0.120. The van der Waals surface area contributed by atoms with Gasteiger partial charge in [0.2, 0.25) is 0 Å². The van der Waals surface area contributed by atoms with E-state index in [0.717, 1.165) is 52.5 Å². The fraction of sp³-hybridized carbons (Fsp3) is 0.464. The molecule has 2 aliphatic carbocycles. The highest BCUT2D eigenvalue weighted by Gasteiger charge is 2.58. The summed E-state index contributed by atoms with van der Waals surface area (Å²) in [7, 11) is 0. The van der Waals surface area contributed by atoms with Crippen LogP contribution < -0.4 is 4.74 Å². The second-order valence-corrected chi connectivity index (χ2v) is 10.8. The Morgan fingerprint density at radius 1 is 1.14 bits per heavy atom. The third-order valence-electron chi connectivity index (χ3n) is 8.50. The molecule has 0 radical (unpaired) electrons.